The Hall–Kier alpha value is -2.27. The fraction of sp³-hybridized carbons (Fsp3) is 0.200. The Morgan fingerprint density at radius 1 is 1.10 bits per heavy atom. The third-order valence-electron chi connectivity index (χ3n) is 2.92. The Morgan fingerprint density at radius 2 is 1.67 bits per heavy atom. The quantitative estimate of drug-likeness (QED) is 0.943. The molecule has 1 aromatic carbocycles. The molecule has 1 amide bonds. The number of ether oxygens (including phenoxy) is 2. The largest absolute Gasteiger partial charge is 0.493 e. The molecule has 0 unspecified atom stereocenters. The number of carbonyl (C=O) groups excluding carboxylic acids is 1. The number of pyridine rings is 1. The van der Waals surface area contributed by atoms with Crippen LogP contribution in [-0.2, 0) is 0 Å². The molecule has 1 aromatic heterocycles. The monoisotopic (exact) mass is 308 g/mol. The minimum Gasteiger partial charge on any atom is -0.493 e. The molecule has 2 rings (SSSR count). The second-order valence-corrected chi connectivity index (χ2v) is 4.21. The van der Waals surface area contributed by atoms with Crippen molar-refractivity contribution in [1.82, 2.24) is 4.98 Å². The van der Waals surface area contributed by atoms with Crippen LogP contribution >= 0.6 is 12.4 Å². The van der Waals surface area contributed by atoms with Gasteiger partial charge in [0.25, 0.3) is 5.91 Å². The first kappa shape index (κ1) is 16.8. The molecule has 0 aliphatic carbocycles. The lowest BCUT2D eigenvalue weighted by Crippen LogP contribution is -2.13. The van der Waals surface area contributed by atoms with Crippen LogP contribution in [0.15, 0.2) is 36.7 Å². The van der Waals surface area contributed by atoms with Gasteiger partial charge in [0.2, 0.25) is 0 Å². The summed E-state index contributed by atoms with van der Waals surface area (Å²) >= 11 is 0. The molecule has 1 N–H and O–H groups in total. The maximum Gasteiger partial charge on any atom is 0.255 e. The molecule has 1 heterocycles. The second-order valence-electron chi connectivity index (χ2n) is 4.21. The molecule has 6 heteroatoms. The molecular weight excluding hydrogens is 292 g/mol. The van der Waals surface area contributed by atoms with Gasteiger partial charge in [0.15, 0.2) is 11.5 Å². The highest BCUT2D eigenvalue weighted by molar-refractivity contribution is 6.04. The molecule has 0 radical (unpaired) electrons. The van der Waals surface area contributed by atoms with E-state index in [1.807, 2.05) is 13.0 Å². The van der Waals surface area contributed by atoms with Gasteiger partial charge in [-0.25, -0.2) is 0 Å². The summed E-state index contributed by atoms with van der Waals surface area (Å²) in [6.07, 6.45) is 3.16. The summed E-state index contributed by atoms with van der Waals surface area (Å²) in [7, 11) is 3.13. The molecule has 0 atom stereocenters. The standard InChI is InChI=1S/C15H16N2O3.ClH/c1-10-8-13(19-2)14(20-3)9-12(10)17-15(18)11-4-6-16-7-5-11;/h4-9H,1-3H3,(H,17,18);1H. The van der Waals surface area contributed by atoms with Crippen LogP contribution in [0.2, 0.25) is 0 Å². The van der Waals surface area contributed by atoms with Crippen molar-refractivity contribution in [1.29, 1.82) is 0 Å². The number of hydrogen-bond acceptors (Lipinski definition) is 4. The van der Waals surface area contributed by atoms with E-state index in [1.165, 1.54) is 0 Å². The molecule has 0 saturated heterocycles. The van der Waals surface area contributed by atoms with Gasteiger partial charge >= 0.3 is 0 Å². The summed E-state index contributed by atoms with van der Waals surface area (Å²) in [4.78, 5) is 16.0. The highest BCUT2D eigenvalue weighted by Gasteiger charge is 2.12. The maximum atomic E-state index is 12.1. The fourth-order valence-electron chi connectivity index (χ4n) is 1.81. The average Bonchev–Trinajstić information content (AvgIpc) is 2.49. The lowest BCUT2D eigenvalue weighted by Gasteiger charge is -2.13. The third-order valence-corrected chi connectivity index (χ3v) is 2.92. The number of hydrogen-bond donors (Lipinski definition) is 1. The van der Waals surface area contributed by atoms with Crippen molar-refractivity contribution in [2.75, 3.05) is 19.5 Å². The molecule has 112 valence electrons. The van der Waals surface area contributed by atoms with Gasteiger partial charge in [-0.15, -0.1) is 12.4 Å². The number of aryl methyl sites for hydroxylation is 1. The zero-order valence-electron chi connectivity index (χ0n) is 12.0. The van der Waals surface area contributed by atoms with E-state index in [9.17, 15) is 4.79 Å². The number of rotatable bonds is 4. The summed E-state index contributed by atoms with van der Waals surface area (Å²) < 4.78 is 10.4. The topological polar surface area (TPSA) is 60.5 Å². The van der Waals surface area contributed by atoms with Crippen LogP contribution in [0, 0.1) is 6.92 Å². The van der Waals surface area contributed by atoms with Crippen LogP contribution in [0.4, 0.5) is 5.69 Å². The highest BCUT2D eigenvalue weighted by Crippen LogP contribution is 2.33. The maximum absolute atomic E-state index is 12.1. The van der Waals surface area contributed by atoms with E-state index in [0.29, 0.717) is 22.7 Å². The molecule has 0 fully saturated rings. The van der Waals surface area contributed by atoms with Crippen molar-refractivity contribution in [2.24, 2.45) is 0 Å². The van der Waals surface area contributed by atoms with Crippen molar-refractivity contribution in [3.05, 3.63) is 47.8 Å². The number of amides is 1. The summed E-state index contributed by atoms with van der Waals surface area (Å²) in [5.41, 5.74) is 2.13. The van der Waals surface area contributed by atoms with Crippen molar-refractivity contribution in [2.45, 2.75) is 6.92 Å². The van der Waals surface area contributed by atoms with Gasteiger partial charge in [-0.2, -0.15) is 0 Å². The predicted octanol–water partition coefficient (Wildman–Crippen LogP) is 3.08. The Labute approximate surface area is 129 Å². The van der Waals surface area contributed by atoms with E-state index in [1.54, 1.807) is 44.8 Å². The predicted molar refractivity (Wildman–Crippen MR) is 83.7 cm³/mol. The van der Waals surface area contributed by atoms with Gasteiger partial charge in [0.05, 0.1) is 14.2 Å². The van der Waals surface area contributed by atoms with Gasteiger partial charge in [0, 0.05) is 29.7 Å². The summed E-state index contributed by atoms with van der Waals surface area (Å²) in [5.74, 6) is 1.01. The number of methoxy groups -OCH3 is 2. The normalized spacial score (nSPS) is 9.48. The van der Waals surface area contributed by atoms with E-state index < -0.39 is 0 Å². The van der Waals surface area contributed by atoms with Crippen LogP contribution in [0.25, 0.3) is 0 Å². The van der Waals surface area contributed by atoms with Gasteiger partial charge < -0.3 is 14.8 Å². The molecule has 21 heavy (non-hydrogen) atoms. The first-order valence-electron chi connectivity index (χ1n) is 6.09. The van der Waals surface area contributed by atoms with Gasteiger partial charge in [0.1, 0.15) is 0 Å². The molecule has 0 aliphatic heterocycles. The van der Waals surface area contributed by atoms with Crippen LogP contribution in [0.3, 0.4) is 0 Å². The molecular formula is C15H17ClN2O3. The zero-order valence-corrected chi connectivity index (χ0v) is 12.9. The highest BCUT2D eigenvalue weighted by atomic mass is 35.5. The summed E-state index contributed by atoms with van der Waals surface area (Å²) in [6, 6.07) is 6.88. The van der Waals surface area contributed by atoms with Crippen molar-refractivity contribution in [3.63, 3.8) is 0 Å². The van der Waals surface area contributed by atoms with Crippen molar-refractivity contribution >= 4 is 24.0 Å². The van der Waals surface area contributed by atoms with E-state index in [2.05, 4.69) is 10.3 Å². The fourth-order valence-corrected chi connectivity index (χ4v) is 1.81. The Bertz CT molecular complexity index is 618. The Balaban J connectivity index is 0.00000220. The Kier molecular flexibility index (Phi) is 5.99. The number of benzene rings is 1. The van der Waals surface area contributed by atoms with E-state index in [0.717, 1.165) is 5.56 Å². The first-order chi connectivity index (χ1) is 9.65. The average molecular weight is 309 g/mol. The van der Waals surface area contributed by atoms with Crippen LogP contribution < -0.4 is 14.8 Å². The molecule has 0 spiro atoms. The molecule has 0 aliphatic rings. The van der Waals surface area contributed by atoms with Gasteiger partial charge in [-0.1, -0.05) is 0 Å². The number of nitrogens with one attached hydrogen (secondary N) is 1. The SMILES string of the molecule is COc1cc(C)c(NC(=O)c2ccncc2)cc1OC.Cl. The van der Waals surface area contributed by atoms with Crippen LogP contribution in [-0.4, -0.2) is 25.1 Å². The van der Waals surface area contributed by atoms with E-state index >= 15 is 0 Å². The van der Waals surface area contributed by atoms with E-state index in [-0.39, 0.29) is 18.3 Å². The minimum absolute atomic E-state index is 0. The van der Waals surface area contributed by atoms with Gasteiger partial charge in [-0.3, -0.25) is 9.78 Å². The molecule has 0 bridgehead atoms. The minimum atomic E-state index is -0.192. The van der Waals surface area contributed by atoms with Gasteiger partial charge in [-0.05, 0) is 30.7 Å². The number of halogens is 1. The third kappa shape index (κ3) is 3.86. The smallest absolute Gasteiger partial charge is 0.255 e. The van der Waals surface area contributed by atoms with Crippen LogP contribution in [0.5, 0.6) is 11.5 Å². The number of carbonyl (C=O) groups is 1. The lowest BCUT2D eigenvalue weighted by molar-refractivity contribution is 0.102. The number of aromatic nitrogens is 1. The summed E-state index contributed by atoms with van der Waals surface area (Å²) in [5, 5.41) is 2.85. The molecule has 0 saturated carbocycles. The second kappa shape index (κ2) is 7.50. The first-order valence-corrected chi connectivity index (χ1v) is 6.09. The zero-order chi connectivity index (χ0) is 14.5. The summed E-state index contributed by atoms with van der Waals surface area (Å²) in [6.45, 7) is 1.89. The van der Waals surface area contributed by atoms with Crippen molar-refractivity contribution in [3.8, 4) is 11.5 Å². The van der Waals surface area contributed by atoms with Crippen LogP contribution in [0.1, 0.15) is 15.9 Å². The Morgan fingerprint density at radius 3 is 2.24 bits per heavy atom. The number of nitrogens with zero attached hydrogens (tertiary/aromatic N) is 1. The lowest BCUT2D eigenvalue weighted by atomic mass is 10.1. The van der Waals surface area contributed by atoms with E-state index in [4.69, 9.17) is 9.47 Å². The number of anilines is 1. The van der Waals surface area contributed by atoms with Crippen molar-refractivity contribution < 1.29 is 14.3 Å². The molecule has 2 aromatic rings. The molecule has 5 nitrogen and oxygen atoms in total.